The summed E-state index contributed by atoms with van der Waals surface area (Å²) >= 11 is 0. The first-order chi connectivity index (χ1) is 7.70. The van der Waals surface area contributed by atoms with Crippen LogP contribution in [0.3, 0.4) is 0 Å². The molecule has 2 aliphatic rings. The second-order valence-electron chi connectivity index (χ2n) is 6.40. The van der Waals surface area contributed by atoms with E-state index in [1.807, 2.05) is 0 Å². The minimum atomic E-state index is 0.591. The zero-order valence-electron chi connectivity index (χ0n) is 11.0. The van der Waals surface area contributed by atoms with Crippen LogP contribution in [-0.2, 0) is 0 Å². The predicted molar refractivity (Wildman–Crippen MR) is 69.6 cm³/mol. The van der Waals surface area contributed by atoms with Crippen molar-refractivity contribution in [3.8, 4) is 0 Å². The fourth-order valence-corrected chi connectivity index (χ4v) is 3.28. The third-order valence-corrected chi connectivity index (χ3v) is 4.70. The van der Waals surface area contributed by atoms with E-state index in [2.05, 4.69) is 24.5 Å². The van der Waals surface area contributed by atoms with Crippen LogP contribution in [0.1, 0.15) is 46.0 Å². The minimum Gasteiger partial charge on any atom is -0.316 e. The molecule has 0 aromatic heterocycles. The van der Waals surface area contributed by atoms with Crippen LogP contribution in [0.5, 0.6) is 0 Å². The molecule has 1 saturated carbocycles. The molecule has 2 fully saturated rings. The number of hydrogen-bond acceptors (Lipinski definition) is 2. The maximum atomic E-state index is 3.73. The maximum absolute atomic E-state index is 3.73. The number of nitrogens with one attached hydrogen (secondary N) is 2. The van der Waals surface area contributed by atoms with Gasteiger partial charge < -0.3 is 10.6 Å². The van der Waals surface area contributed by atoms with E-state index in [-0.39, 0.29) is 0 Å². The molecule has 0 aromatic carbocycles. The highest BCUT2D eigenvalue weighted by molar-refractivity contribution is 4.83. The Morgan fingerprint density at radius 3 is 2.56 bits per heavy atom. The topological polar surface area (TPSA) is 24.1 Å². The summed E-state index contributed by atoms with van der Waals surface area (Å²) < 4.78 is 0. The first-order valence-corrected chi connectivity index (χ1v) is 7.11. The molecule has 2 nitrogen and oxygen atoms in total. The van der Waals surface area contributed by atoms with Gasteiger partial charge >= 0.3 is 0 Å². The van der Waals surface area contributed by atoms with Crippen LogP contribution in [-0.4, -0.2) is 26.2 Å². The zero-order chi connectivity index (χ0) is 11.4. The predicted octanol–water partition coefficient (Wildman–Crippen LogP) is 2.40. The summed E-state index contributed by atoms with van der Waals surface area (Å²) in [5.41, 5.74) is 0.591. The van der Waals surface area contributed by atoms with Gasteiger partial charge in [0, 0.05) is 6.54 Å². The van der Waals surface area contributed by atoms with Gasteiger partial charge in [0.25, 0.3) is 0 Å². The van der Waals surface area contributed by atoms with Gasteiger partial charge in [0.05, 0.1) is 0 Å². The molecule has 1 saturated heterocycles. The first-order valence-electron chi connectivity index (χ1n) is 7.11. The summed E-state index contributed by atoms with van der Waals surface area (Å²) in [4.78, 5) is 0. The molecule has 0 unspecified atom stereocenters. The van der Waals surface area contributed by atoms with Gasteiger partial charge in [-0.1, -0.05) is 33.1 Å². The lowest BCUT2D eigenvalue weighted by Crippen LogP contribution is -2.37. The molecule has 2 atom stereocenters. The molecule has 16 heavy (non-hydrogen) atoms. The third kappa shape index (κ3) is 3.21. The van der Waals surface area contributed by atoms with Crippen LogP contribution in [0.15, 0.2) is 0 Å². The molecule has 2 heteroatoms. The Labute approximate surface area is 101 Å². The Morgan fingerprint density at radius 2 is 1.94 bits per heavy atom. The van der Waals surface area contributed by atoms with Crippen molar-refractivity contribution in [2.45, 2.75) is 46.0 Å². The van der Waals surface area contributed by atoms with Gasteiger partial charge in [0.1, 0.15) is 0 Å². The molecule has 2 N–H and O–H groups in total. The van der Waals surface area contributed by atoms with Crippen LogP contribution in [0.4, 0.5) is 0 Å². The highest BCUT2D eigenvalue weighted by atomic mass is 15.0. The Bertz CT molecular complexity index is 209. The van der Waals surface area contributed by atoms with Crippen LogP contribution < -0.4 is 10.6 Å². The van der Waals surface area contributed by atoms with Crippen molar-refractivity contribution >= 4 is 0 Å². The second kappa shape index (κ2) is 5.50. The molecule has 1 heterocycles. The Morgan fingerprint density at radius 1 is 1.19 bits per heavy atom. The lowest BCUT2D eigenvalue weighted by molar-refractivity contribution is 0.203. The lowest BCUT2D eigenvalue weighted by Gasteiger charge is -2.34. The Kier molecular flexibility index (Phi) is 4.26. The molecular formula is C14H28N2. The first kappa shape index (κ1) is 12.4. The van der Waals surface area contributed by atoms with E-state index in [0.717, 1.165) is 11.8 Å². The largest absolute Gasteiger partial charge is 0.316 e. The van der Waals surface area contributed by atoms with Crippen LogP contribution >= 0.6 is 0 Å². The fraction of sp³-hybridized carbons (Fsp3) is 1.00. The van der Waals surface area contributed by atoms with Crippen molar-refractivity contribution < 1.29 is 0 Å². The van der Waals surface area contributed by atoms with Crippen LogP contribution in [0, 0.1) is 17.3 Å². The highest BCUT2D eigenvalue weighted by Gasteiger charge is 2.27. The molecular weight excluding hydrogens is 196 g/mol. The molecule has 0 spiro atoms. The van der Waals surface area contributed by atoms with Gasteiger partial charge in [-0.2, -0.15) is 0 Å². The van der Waals surface area contributed by atoms with E-state index in [9.17, 15) is 0 Å². The quantitative estimate of drug-likeness (QED) is 0.766. The third-order valence-electron chi connectivity index (χ3n) is 4.70. The van der Waals surface area contributed by atoms with Gasteiger partial charge in [-0.25, -0.2) is 0 Å². The molecule has 0 amide bonds. The molecule has 2 rings (SSSR count). The van der Waals surface area contributed by atoms with E-state index in [1.165, 1.54) is 58.3 Å². The van der Waals surface area contributed by atoms with Crippen molar-refractivity contribution in [3.05, 3.63) is 0 Å². The number of rotatable bonds is 4. The van der Waals surface area contributed by atoms with Crippen LogP contribution in [0.2, 0.25) is 0 Å². The van der Waals surface area contributed by atoms with Gasteiger partial charge in [-0.15, -0.1) is 0 Å². The Balaban J connectivity index is 1.66. The van der Waals surface area contributed by atoms with Gasteiger partial charge in [0.2, 0.25) is 0 Å². The monoisotopic (exact) mass is 224 g/mol. The van der Waals surface area contributed by atoms with Crippen molar-refractivity contribution in [2.75, 3.05) is 26.2 Å². The van der Waals surface area contributed by atoms with Crippen molar-refractivity contribution in [2.24, 2.45) is 17.3 Å². The van der Waals surface area contributed by atoms with Crippen LogP contribution in [0.25, 0.3) is 0 Å². The minimum absolute atomic E-state index is 0.591. The highest BCUT2D eigenvalue weighted by Crippen LogP contribution is 2.34. The fourth-order valence-electron chi connectivity index (χ4n) is 3.28. The summed E-state index contributed by atoms with van der Waals surface area (Å²) in [5, 5.41) is 7.21. The van der Waals surface area contributed by atoms with E-state index >= 15 is 0 Å². The average Bonchev–Trinajstić information content (AvgIpc) is 2.65. The normalized spacial score (nSPS) is 34.1. The summed E-state index contributed by atoms with van der Waals surface area (Å²) in [6.07, 6.45) is 7.20. The summed E-state index contributed by atoms with van der Waals surface area (Å²) in [7, 11) is 0. The van der Waals surface area contributed by atoms with E-state index in [0.29, 0.717) is 5.41 Å². The molecule has 0 aromatic rings. The van der Waals surface area contributed by atoms with E-state index < -0.39 is 0 Å². The molecule has 1 aliphatic heterocycles. The summed E-state index contributed by atoms with van der Waals surface area (Å²) in [6.45, 7) is 9.71. The average molecular weight is 224 g/mol. The second-order valence-corrected chi connectivity index (χ2v) is 6.40. The maximum Gasteiger partial charge on any atom is 0.000529 e. The van der Waals surface area contributed by atoms with Gasteiger partial charge in [-0.3, -0.25) is 0 Å². The standard InChI is InChI=1S/C14H28N2/c1-12-8-15-9-13(12)10-16-11-14(2)6-4-3-5-7-14/h12-13,15-16H,3-11H2,1-2H3/t12-,13+/m1/s1. The van der Waals surface area contributed by atoms with Crippen molar-refractivity contribution in [3.63, 3.8) is 0 Å². The van der Waals surface area contributed by atoms with Crippen molar-refractivity contribution in [1.82, 2.24) is 10.6 Å². The molecule has 0 bridgehead atoms. The summed E-state index contributed by atoms with van der Waals surface area (Å²) in [6, 6.07) is 0. The SMILES string of the molecule is C[C@@H]1CNC[C@H]1CNCC1(C)CCCCC1. The molecule has 94 valence electrons. The zero-order valence-corrected chi connectivity index (χ0v) is 11.0. The lowest BCUT2D eigenvalue weighted by atomic mass is 9.75. The number of hydrogen-bond donors (Lipinski definition) is 2. The molecule has 1 aliphatic carbocycles. The Hall–Kier alpha value is -0.0800. The van der Waals surface area contributed by atoms with Gasteiger partial charge in [-0.05, 0) is 49.7 Å². The van der Waals surface area contributed by atoms with E-state index in [4.69, 9.17) is 0 Å². The summed E-state index contributed by atoms with van der Waals surface area (Å²) in [5.74, 6) is 1.71. The van der Waals surface area contributed by atoms with Gasteiger partial charge in [0.15, 0.2) is 0 Å². The smallest absolute Gasteiger partial charge is 0.000529 e. The van der Waals surface area contributed by atoms with Crippen molar-refractivity contribution in [1.29, 1.82) is 0 Å². The molecule has 0 radical (unpaired) electrons. The van der Waals surface area contributed by atoms with E-state index in [1.54, 1.807) is 0 Å².